The van der Waals surface area contributed by atoms with Crippen LogP contribution in [-0.4, -0.2) is 37.7 Å². The average molecular weight is 244 g/mol. The second-order valence-corrected chi connectivity index (χ2v) is 5.42. The Morgan fingerprint density at radius 1 is 1.35 bits per heavy atom. The Hall–Kier alpha value is -0.610. The molecule has 0 aromatic rings. The predicted molar refractivity (Wildman–Crippen MR) is 71.0 cm³/mol. The zero-order valence-electron chi connectivity index (χ0n) is 12.1. The molecule has 2 atom stereocenters. The molecule has 102 valence electrons. The fraction of sp³-hybridized carbons (Fsp3) is 0.923. The molecular formula is C13H28N2O2. The lowest BCUT2D eigenvalue weighted by atomic mass is 10.0. The largest absolute Gasteiger partial charge is 0.384 e. The van der Waals surface area contributed by atoms with Crippen molar-refractivity contribution >= 4 is 5.91 Å². The monoisotopic (exact) mass is 244 g/mol. The van der Waals surface area contributed by atoms with Gasteiger partial charge in [-0.3, -0.25) is 4.79 Å². The van der Waals surface area contributed by atoms with Gasteiger partial charge in [-0.1, -0.05) is 13.8 Å². The first-order chi connectivity index (χ1) is 7.82. The molecule has 0 bridgehead atoms. The summed E-state index contributed by atoms with van der Waals surface area (Å²) in [7, 11) is 1.69. The van der Waals surface area contributed by atoms with Crippen molar-refractivity contribution < 1.29 is 9.53 Å². The highest BCUT2D eigenvalue weighted by molar-refractivity contribution is 5.81. The van der Waals surface area contributed by atoms with E-state index in [0.717, 1.165) is 13.0 Å². The van der Waals surface area contributed by atoms with Crippen molar-refractivity contribution in [3.05, 3.63) is 0 Å². The highest BCUT2D eigenvalue weighted by Gasteiger charge is 2.21. The molecule has 0 rings (SSSR count). The Balaban J connectivity index is 3.98. The van der Waals surface area contributed by atoms with Crippen LogP contribution in [-0.2, 0) is 9.53 Å². The van der Waals surface area contributed by atoms with E-state index in [4.69, 9.17) is 4.74 Å². The molecule has 1 amide bonds. The molecule has 0 spiro atoms. The normalized spacial score (nSPS) is 15.4. The minimum absolute atomic E-state index is 0.0569. The number of nitrogens with one attached hydrogen (secondary N) is 2. The Morgan fingerprint density at radius 3 is 2.41 bits per heavy atom. The first-order valence-electron chi connectivity index (χ1n) is 6.36. The lowest BCUT2D eigenvalue weighted by molar-refractivity contribution is -0.124. The van der Waals surface area contributed by atoms with E-state index in [0.29, 0.717) is 12.5 Å². The van der Waals surface area contributed by atoms with Crippen LogP contribution in [0, 0.1) is 5.92 Å². The van der Waals surface area contributed by atoms with Crippen molar-refractivity contribution in [1.29, 1.82) is 0 Å². The molecule has 0 aromatic heterocycles. The van der Waals surface area contributed by atoms with Crippen LogP contribution in [0.25, 0.3) is 0 Å². The smallest absolute Gasteiger partial charge is 0.237 e. The third-order valence-corrected chi connectivity index (χ3v) is 2.96. The molecular weight excluding hydrogens is 216 g/mol. The fourth-order valence-electron chi connectivity index (χ4n) is 1.34. The molecule has 17 heavy (non-hydrogen) atoms. The number of hydrogen-bond donors (Lipinski definition) is 2. The Kier molecular flexibility index (Phi) is 7.39. The van der Waals surface area contributed by atoms with Crippen LogP contribution in [0.2, 0.25) is 0 Å². The number of methoxy groups -OCH3 is 1. The molecule has 0 saturated carbocycles. The topological polar surface area (TPSA) is 50.4 Å². The van der Waals surface area contributed by atoms with E-state index < -0.39 is 0 Å². The van der Waals surface area contributed by atoms with Gasteiger partial charge in [0.15, 0.2) is 0 Å². The summed E-state index contributed by atoms with van der Waals surface area (Å²) in [6.07, 6.45) is 0.922. The third-order valence-electron chi connectivity index (χ3n) is 2.96. The van der Waals surface area contributed by atoms with Crippen molar-refractivity contribution in [2.45, 2.75) is 52.6 Å². The molecule has 0 heterocycles. The van der Waals surface area contributed by atoms with Crippen LogP contribution in [0.5, 0.6) is 0 Å². The summed E-state index contributed by atoms with van der Waals surface area (Å²) in [6, 6.07) is -0.167. The summed E-state index contributed by atoms with van der Waals surface area (Å²) in [4.78, 5) is 11.9. The Bertz CT molecular complexity index is 229. The van der Waals surface area contributed by atoms with Gasteiger partial charge in [0, 0.05) is 25.8 Å². The number of amides is 1. The van der Waals surface area contributed by atoms with E-state index in [1.54, 1.807) is 7.11 Å². The van der Waals surface area contributed by atoms with Gasteiger partial charge in [-0.25, -0.2) is 0 Å². The van der Waals surface area contributed by atoms with Crippen molar-refractivity contribution in [1.82, 2.24) is 10.6 Å². The van der Waals surface area contributed by atoms with E-state index in [1.165, 1.54) is 0 Å². The summed E-state index contributed by atoms with van der Waals surface area (Å²) in [6.45, 7) is 11.6. The molecule has 2 unspecified atom stereocenters. The summed E-state index contributed by atoms with van der Waals surface area (Å²) >= 11 is 0. The maximum atomic E-state index is 11.9. The standard InChI is InChI=1S/C13H28N2O2/c1-7-13(4,5)15-12(16)11(3)14-8-10(2)9-17-6/h10-11,14H,7-9H2,1-6H3,(H,15,16). The second kappa shape index (κ2) is 7.67. The Labute approximate surface area is 105 Å². The van der Waals surface area contributed by atoms with Crippen LogP contribution in [0.3, 0.4) is 0 Å². The van der Waals surface area contributed by atoms with Crippen molar-refractivity contribution in [2.24, 2.45) is 5.92 Å². The highest BCUT2D eigenvalue weighted by Crippen LogP contribution is 2.07. The van der Waals surface area contributed by atoms with Gasteiger partial charge in [-0.2, -0.15) is 0 Å². The van der Waals surface area contributed by atoms with Crippen molar-refractivity contribution in [3.63, 3.8) is 0 Å². The van der Waals surface area contributed by atoms with Gasteiger partial charge in [0.1, 0.15) is 0 Å². The van der Waals surface area contributed by atoms with Crippen molar-refractivity contribution in [2.75, 3.05) is 20.3 Å². The van der Waals surface area contributed by atoms with Gasteiger partial charge in [0.05, 0.1) is 6.04 Å². The van der Waals surface area contributed by atoms with Crippen LogP contribution in [0.1, 0.15) is 41.0 Å². The maximum Gasteiger partial charge on any atom is 0.237 e. The van der Waals surface area contributed by atoms with E-state index in [-0.39, 0.29) is 17.5 Å². The van der Waals surface area contributed by atoms with Crippen LogP contribution in [0.4, 0.5) is 0 Å². The first kappa shape index (κ1) is 16.4. The third kappa shape index (κ3) is 7.34. The second-order valence-electron chi connectivity index (χ2n) is 5.42. The minimum Gasteiger partial charge on any atom is -0.384 e. The SMILES string of the molecule is CCC(C)(C)NC(=O)C(C)NCC(C)COC. The molecule has 0 aliphatic carbocycles. The van der Waals surface area contributed by atoms with Gasteiger partial charge in [-0.05, 0) is 33.1 Å². The molecule has 4 heteroatoms. The molecule has 0 aliphatic heterocycles. The molecule has 4 nitrogen and oxygen atoms in total. The van der Waals surface area contributed by atoms with E-state index in [1.807, 2.05) is 20.8 Å². The van der Waals surface area contributed by atoms with Crippen LogP contribution in [0.15, 0.2) is 0 Å². The first-order valence-corrected chi connectivity index (χ1v) is 6.36. The molecule has 0 aromatic carbocycles. The van der Waals surface area contributed by atoms with Gasteiger partial charge in [-0.15, -0.1) is 0 Å². The maximum absolute atomic E-state index is 11.9. The highest BCUT2D eigenvalue weighted by atomic mass is 16.5. The van der Waals surface area contributed by atoms with Crippen LogP contribution >= 0.6 is 0 Å². The summed E-state index contributed by atoms with van der Waals surface area (Å²) in [5.41, 5.74) is -0.134. The molecule has 0 fully saturated rings. The number of rotatable bonds is 8. The quantitative estimate of drug-likeness (QED) is 0.681. The fourth-order valence-corrected chi connectivity index (χ4v) is 1.34. The predicted octanol–water partition coefficient (Wildman–Crippen LogP) is 1.55. The van der Waals surface area contributed by atoms with Gasteiger partial charge in [0.2, 0.25) is 5.91 Å². The summed E-state index contributed by atoms with van der Waals surface area (Å²) in [5.74, 6) is 0.468. The molecule has 0 saturated heterocycles. The van der Waals surface area contributed by atoms with E-state index in [9.17, 15) is 4.79 Å². The number of carbonyl (C=O) groups excluding carboxylic acids is 1. The number of hydrogen-bond acceptors (Lipinski definition) is 3. The average Bonchev–Trinajstić information content (AvgIpc) is 2.25. The zero-order chi connectivity index (χ0) is 13.5. The van der Waals surface area contributed by atoms with Gasteiger partial charge in [0.25, 0.3) is 0 Å². The van der Waals surface area contributed by atoms with Gasteiger partial charge < -0.3 is 15.4 Å². The minimum atomic E-state index is -0.167. The molecule has 0 aliphatic rings. The lowest BCUT2D eigenvalue weighted by Gasteiger charge is -2.27. The molecule has 0 radical (unpaired) electrons. The summed E-state index contributed by atoms with van der Waals surface area (Å²) < 4.78 is 5.05. The van der Waals surface area contributed by atoms with Crippen LogP contribution < -0.4 is 10.6 Å². The summed E-state index contributed by atoms with van der Waals surface area (Å²) in [5, 5.41) is 6.25. The van der Waals surface area contributed by atoms with Gasteiger partial charge >= 0.3 is 0 Å². The molecule has 2 N–H and O–H groups in total. The van der Waals surface area contributed by atoms with E-state index >= 15 is 0 Å². The Morgan fingerprint density at radius 2 is 1.94 bits per heavy atom. The lowest BCUT2D eigenvalue weighted by Crippen LogP contribution is -2.51. The number of carbonyl (C=O) groups is 1. The van der Waals surface area contributed by atoms with Crippen molar-refractivity contribution in [3.8, 4) is 0 Å². The zero-order valence-corrected chi connectivity index (χ0v) is 12.1. The number of ether oxygens (including phenoxy) is 1. The van der Waals surface area contributed by atoms with E-state index in [2.05, 4.69) is 24.5 Å².